The predicted molar refractivity (Wildman–Crippen MR) is 131 cm³/mol. The van der Waals surface area contributed by atoms with E-state index in [1.54, 1.807) is 0 Å². The molecule has 0 heterocycles. The summed E-state index contributed by atoms with van der Waals surface area (Å²) < 4.78 is 6.02. The third kappa shape index (κ3) is 12.1. The van der Waals surface area contributed by atoms with Crippen LogP contribution in [0.5, 0.6) is 0 Å². The average Bonchev–Trinajstić information content (AvgIpc) is 2.52. The third-order valence-electron chi connectivity index (χ3n) is 4.96. The number of rotatable bonds is 11. The van der Waals surface area contributed by atoms with Crippen molar-refractivity contribution in [2.24, 2.45) is 0 Å². The fraction of sp³-hybridized carbons (Fsp3) is 0.720. The second-order valence-electron chi connectivity index (χ2n) is 10.2. The van der Waals surface area contributed by atoms with Crippen molar-refractivity contribution in [3.63, 3.8) is 0 Å². The molecule has 3 nitrogen and oxygen atoms in total. The summed E-state index contributed by atoms with van der Waals surface area (Å²) in [5, 5.41) is 0. The van der Waals surface area contributed by atoms with Crippen molar-refractivity contribution in [1.82, 2.24) is 4.90 Å². The van der Waals surface area contributed by atoms with E-state index in [9.17, 15) is 4.79 Å². The summed E-state index contributed by atoms with van der Waals surface area (Å²) in [6.07, 6.45) is 11.0. The SMILES string of the molecule is CC(C)=CCC/C(C)=C/CC/C(C)=C/[C@H](OC(=O)N(C(C)C)C(C)C)[Si](C)(C)C. The average molecular weight is 422 g/mol. The molecule has 0 aromatic carbocycles. The van der Waals surface area contributed by atoms with Gasteiger partial charge < -0.3 is 9.64 Å². The summed E-state index contributed by atoms with van der Waals surface area (Å²) in [7, 11) is -1.69. The minimum atomic E-state index is -1.69. The Morgan fingerprint density at radius 1 is 0.862 bits per heavy atom. The lowest BCUT2D eigenvalue weighted by Crippen LogP contribution is -2.48. The van der Waals surface area contributed by atoms with Crippen LogP contribution in [0.4, 0.5) is 4.79 Å². The minimum Gasteiger partial charge on any atom is -0.446 e. The van der Waals surface area contributed by atoms with Gasteiger partial charge in [-0.15, -0.1) is 0 Å². The second-order valence-corrected chi connectivity index (χ2v) is 15.5. The van der Waals surface area contributed by atoms with Crippen molar-refractivity contribution in [3.8, 4) is 0 Å². The van der Waals surface area contributed by atoms with Crippen LogP contribution in [0.3, 0.4) is 0 Å². The Bertz CT molecular complexity index is 582. The van der Waals surface area contributed by atoms with Crippen molar-refractivity contribution < 1.29 is 9.53 Å². The van der Waals surface area contributed by atoms with E-state index in [0.717, 1.165) is 25.7 Å². The maximum atomic E-state index is 12.8. The topological polar surface area (TPSA) is 29.5 Å². The molecule has 29 heavy (non-hydrogen) atoms. The van der Waals surface area contributed by atoms with Crippen molar-refractivity contribution >= 4 is 14.2 Å². The molecule has 0 radical (unpaired) electrons. The summed E-state index contributed by atoms with van der Waals surface area (Å²) in [4.78, 5) is 14.6. The first-order chi connectivity index (χ1) is 13.3. The minimum absolute atomic E-state index is 0.0993. The zero-order valence-electron chi connectivity index (χ0n) is 21.1. The normalized spacial score (nSPS) is 14.2. The van der Waals surface area contributed by atoms with E-state index < -0.39 is 8.07 Å². The Morgan fingerprint density at radius 2 is 1.34 bits per heavy atom. The van der Waals surface area contributed by atoms with Crippen LogP contribution in [0.25, 0.3) is 0 Å². The smallest absolute Gasteiger partial charge is 0.410 e. The number of allylic oxidation sites excluding steroid dienone is 5. The largest absolute Gasteiger partial charge is 0.446 e. The van der Waals surface area contributed by atoms with E-state index in [2.05, 4.69) is 65.6 Å². The summed E-state index contributed by atoms with van der Waals surface area (Å²) in [6.45, 7) is 23.6. The number of amides is 1. The quantitative estimate of drug-likeness (QED) is 0.250. The number of hydrogen-bond donors (Lipinski definition) is 0. The lowest BCUT2D eigenvalue weighted by molar-refractivity contribution is 0.0765. The monoisotopic (exact) mass is 421 g/mol. The first-order valence-corrected chi connectivity index (χ1v) is 14.8. The third-order valence-corrected chi connectivity index (χ3v) is 6.96. The van der Waals surface area contributed by atoms with Crippen LogP contribution in [0, 0.1) is 0 Å². The van der Waals surface area contributed by atoms with Crippen LogP contribution in [0.15, 0.2) is 34.9 Å². The molecule has 0 rings (SSSR count). The lowest BCUT2D eigenvalue weighted by atomic mass is 10.1. The van der Waals surface area contributed by atoms with Gasteiger partial charge in [0.15, 0.2) is 0 Å². The molecule has 0 spiro atoms. The van der Waals surface area contributed by atoms with E-state index in [-0.39, 0.29) is 23.9 Å². The Labute approximate surface area is 182 Å². The summed E-state index contributed by atoms with van der Waals surface area (Å²) in [5.74, 6) is 0. The Hall–Kier alpha value is -1.29. The van der Waals surface area contributed by atoms with E-state index in [4.69, 9.17) is 4.74 Å². The van der Waals surface area contributed by atoms with Crippen molar-refractivity contribution in [1.29, 1.82) is 0 Å². The maximum Gasteiger partial charge on any atom is 0.410 e. The van der Waals surface area contributed by atoms with Gasteiger partial charge >= 0.3 is 6.09 Å². The van der Waals surface area contributed by atoms with Gasteiger partial charge in [-0.05, 0) is 87.1 Å². The number of nitrogens with zero attached hydrogens (tertiary/aromatic N) is 1. The molecule has 0 unspecified atom stereocenters. The highest BCUT2D eigenvalue weighted by molar-refractivity contribution is 6.77. The Morgan fingerprint density at radius 3 is 1.79 bits per heavy atom. The molecule has 1 atom stereocenters. The molecule has 0 aromatic rings. The van der Waals surface area contributed by atoms with Gasteiger partial charge in [0.1, 0.15) is 5.73 Å². The van der Waals surface area contributed by atoms with Crippen molar-refractivity contribution in [3.05, 3.63) is 34.9 Å². The molecule has 0 N–H and O–H groups in total. The molecule has 0 aliphatic rings. The summed E-state index contributed by atoms with van der Waals surface area (Å²) in [5.41, 5.74) is 4.04. The lowest BCUT2D eigenvalue weighted by Gasteiger charge is -2.34. The molecular weight excluding hydrogens is 374 g/mol. The van der Waals surface area contributed by atoms with Crippen LogP contribution in [0.2, 0.25) is 19.6 Å². The summed E-state index contributed by atoms with van der Waals surface area (Å²) in [6, 6.07) is 0.267. The fourth-order valence-corrected chi connectivity index (χ4v) is 4.47. The van der Waals surface area contributed by atoms with Gasteiger partial charge in [0.05, 0.1) is 8.07 Å². The molecule has 0 aliphatic heterocycles. The molecule has 1 amide bonds. The van der Waals surface area contributed by atoms with E-state index >= 15 is 0 Å². The highest BCUT2D eigenvalue weighted by Crippen LogP contribution is 2.20. The molecule has 0 saturated carbocycles. The Kier molecular flexibility index (Phi) is 12.5. The molecule has 0 bridgehead atoms. The highest BCUT2D eigenvalue weighted by Gasteiger charge is 2.31. The van der Waals surface area contributed by atoms with Gasteiger partial charge in [-0.3, -0.25) is 0 Å². The number of ether oxygens (including phenoxy) is 1. The van der Waals surface area contributed by atoms with Crippen molar-refractivity contribution in [2.75, 3.05) is 0 Å². The number of hydrogen-bond acceptors (Lipinski definition) is 2. The van der Waals surface area contributed by atoms with Crippen LogP contribution in [0.1, 0.15) is 81.1 Å². The molecular formula is C25H47NO2Si. The zero-order chi connectivity index (χ0) is 22.8. The first-order valence-electron chi connectivity index (χ1n) is 11.2. The zero-order valence-corrected chi connectivity index (χ0v) is 22.1. The fourth-order valence-electron chi connectivity index (χ4n) is 3.23. The molecule has 0 saturated heterocycles. The van der Waals surface area contributed by atoms with Crippen LogP contribution in [-0.4, -0.2) is 36.9 Å². The highest BCUT2D eigenvalue weighted by atomic mass is 28.3. The molecule has 0 fully saturated rings. The van der Waals surface area contributed by atoms with Crippen LogP contribution >= 0.6 is 0 Å². The van der Waals surface area contributed by atoms with Gasteiger partial charge in [0, 0.05) is 12.1 Å². The van der Waals surface area contributed by atoms with Gasteiger partial charge in [-0.2, -0.15) is 0 Å². The van der Waals surface area contributed by atoms with Gasteiger partial charge in [-0.1, -0.05) is 48.5 Å². The maximum absolute atomic E-state index is 12.8. The van der Waals surface area contributed by atoms with Crippen LogP contribution in [-0.2, 0) is 4.74 Å². The van der Waals surface area contributed by atoms with Gasteiger partial charge in [0.2, 0.25) is 0 Å². The Balaban J connectivity index is 5.02. The molecule has 4 heteroatoms. The van der Waals surface area contributed by atoms with Crippen LogP contribution < -0.4 is 0 Å². The van der Waals surface area contributed by atoms with E-state index in [0.29, 0.717) is 0 Å². The molecule has 0 aromatic heterocycles. The van der Waals surface area contributed by atoms with Gasteiger partial charge in [-0.25, -0.2) is 4.79 Å². The summed E-state index contributed by atoms with van der Waals surface area (Å²) >= 11 is 0. The molecule has 168 valence electrons. The van der Waals surface area contributed by atoms with Gasteiger partial charge in [0.25, 0.3) is 0 Å². The first kappa shape index (κ1) is 27.7. The standard InChI is InChI=1S/C25H47NO2Si/c1-19(2)14-12-15-22(7)16-13-17-23(8)18-24(29(9,10)11)28-25(27)26(20(3)4)21(5)6/h14,16,18,20-21,24H,12-13,15,17H2,1-11H3/b22-16+,23-18+/t24-/m1/s1. The van der Waals surface area contributed by atoms with Crippen molar-refractivity contribution in [2.45, 2.75) is 119 Å². The number of carbonyl (C=O) groups is 1. The molecule has 0 aliphatic carbocycles. The predicted octanol–water partition coefficient (Wildman–Crippen LogP) is 7.91. The van der Waals surface area contributed by atoms with E-state index in [1.807, 2.05) is 32.6 Å². The second kappa shape index (κ2) is 13.1. The number of carbonyl (C=O) groups excluding carboxylic acids is 1. The van der Waals surface area contributed by atoms with E-state index in [1.165, 1.54) is 16.7 Å².